The van der Waals surface area contributed by atoms with Crippen LogP contribution in [0.4, 0.5) is 5.82 Å². The summed E-state index contributed by atoms with van der Waals surface area (Å²) in [5.74, 6) is 0.243. The van der Waals surface area contributed by atoms with E-state index in [1.54, 1.807) is 16.9 Å². The number of rotatable bonds is 4. The van der Waals surface area contributed by atoms with Gasteiger partial charge in [-0.15, -0.1) is 0 Å². The predicted octanol–water partition coefficient (Wildman–Crippen LogP) is 4.65. The number of aromatic nitrogens is 3. The Morgan fingerprint density at radius 1 is 1.21 bits per heavy atom. The number of carbonyl (C=O) groups is 1. The van der Waals surface area contributed by atoms with E-state index in [-0.39, 0.29) is 16.1 Å². The zero-order valence-corrected chi connectivity index (χ0v) is 15.3. The first kappa shape index (κ1) is 17.0. The first-order valence-corrected chi connectivity index (χ1v) is 8.46. The van der Waals surface area contributed by atoms with Crippen molar-refractivity contribution in [2.24, 2.45) is 0 Å². The van der Waals surface area contributed by atoms with Crippen molar-refractivity contribution in [3.63, 3.8) is 0 Å². The highest BCUT2D eigenvalue weighted by Gasteiger charge is 2.12. The maximum atomic E-state index is 12.3. The second kappa shape index (κ2) is 7.34. The van der Waals surface area contributed by atoms with Gasteiger partial charge in [-0.05, 0) is 23.8 Å². The Labute approximate surface area is 156 Å². The van der Waals surface area contributed by atoms with Crippen LogP contribution < -0.4 is 5.32 Å². The molecule has 24 heavy (non-hydrogen) atoms. The average Bonchev–Trinajstić information content (AvgIpc) is 2.99. The topological polar surface area (TPSA) is 59.8 Å². The van der Waals surface area contributed by atoms with Crippen molar-refractivity contribution in [1.82, 2.24) is 14.8 Å². The summed E-state index contributed by atoms with van der Waals surface area (Å²) in [6.07, 6.45) is 3.00. The molecular weight excluding hydrogens is 415 g/mol. The second-order valence-corrected chi connectivity index (χ2v) is 6.63. The molecule has 8 heteroatoms. The minimum Gasteiger partial charge on any atom is -0.307 e. The normalized spacial score (nSPS) is 10.6. The molecule has 0 bridgehead atoms. The van der Waals surface area contributed by atoms with E-state index in [0.717, 1.165) is 10.0 Å². The van der Waals surface area contributed by atoms with Gasteiger partial charge in [-0.3, -0.25) is 4.79 Å². The lowest BCUT2D eigenvalue weighted by atomic mass is 10.2. The lowest BCUT2D eigenvalue weighted by Crippen LogP contribution is -2.16. The number of hydrogen-bond acceptors (Lipinski definition) is 3. The van der Waals surface area contributed by atoms with Crippen LogP contribution in [0.2, 0.25) is 10.2 Å². The lowest BCUT2D eigenvalue weighted by molar-refractivity contribution is 0.102. The fourth-order valence-corrected chi connectivity index (χ4v) is 2.60. The number of anilines is 1. The Hall–Kier alpha value is -1.89. The first-order chi connectivity index (χ1) is 11.5. The summed E-state index contributed by atoms with van der Waals surface area (Å²) in [7, 11) is 0. The molecule has 2 aromatic heterocycles. The zero-order valence-electron chi connectivity index (χ0n) is 12.2. The number of carbonyl (C=O) groups excluding carboxylic acids is 1. The average molecular weight is 426 g/mol. The summed E-state index contributed by atoms with van der Waals surface area (Å²) in [4.78, 5) is 16.2. The fraction of sp³-hybridized carbons (Fsp3) is 0.0625. The third kappa shape index (κ3) is 3.95. The van der Waals surface area contributed by atoms with Gasteiger partial charge < -0.3 is 5.32 Å². The van der Waals surface area contributed by atoms with Crippen molar-refractivity contribution in [1.29, 1.82) is 0 Å². The van der Waals surface area contributed by atoms with Crippen molar-refractivity contribution in [3.05, 3.63) is 74.6 Å². The largest absolute Gasteiger partial charge is 0.307 e. The van der Waals surface area contributed by atoms with Crippen molar-refractivity contribution < 1.29 is 4.79 Å². The van der Waals surface area contributed by atoms with Gasteiger partial charge in [-0.25, -0.2) is 9.67 Å². The highest BCUT2D eigenvalue weighted by molar-refractivity contribution is 9.10. The van der Waals surface area contributed by atoms with Crippen LogP contribution in [0.1, 0.15) is 15.9 Å². The predicted molar refractivity (Wildman–Crippen MR) is 97.7 cm³/mol. The van der Waals surface area contributed by atoms with Gasteiger partial charge >= 0.3 is 0 Å². The number of nitrogens with one attached hydrogen (secondary N) is 1. The first-order valence-electron chi connectivity index (χ1n) is 6.91. The van der Waals surface area contributed by atoms with E-state index in [1.807, 2.05) is 24.3 Å². The molecule has 0 aliphatic heterocycles. The molecule has 2 heterocycles. The van der Waals surface area contributed by atoms with Gasteiger partial charge in [0, 0.05) is 16.7 Å². The molecule has 5 nitrogen and oxygen atoms in total. The van der Waals surface area contributed by atoms with Crippen molar-refractivity contribution in [2.75, 3.05) is 5.32 Å². The minimum atomic E-state index is -0.335. The van der Waals surface area contributed by atoms with Crippen LogP contribution in [-0.4, -0.2) is 20.7 Å². The Bertz CT molecular complexity index is 880. The number of hydrogen-bond donors (Lipinski definition) is 1. The number of benzene rings is 1. The summed E-state index contributed by atoms with van der Waals surface area (Å²) in [6.45, 7) is 0.537. The minimum absolute atomic E-state index is 0.161. The molecule has 122 valence electrons. The Kier molecular flexibility index (Phi) is 5.18. The van der Waals surface area contributed by atoms with E-state index in [0.29, 0.717) is 17.9 Å². The molecule has 0 aliphatic rings. The number of pyridine rings is 1. The standard InChI is InChI=1S/C16H11BrCl2N4O/c17-12-3-1-10(2-4-12)9-23-14(5-6-21-23)22-16(24)11-7-13(18)15(19)20-8-11/h1-8H,9H2,(H,22,24). The zero-order chi connectivity index (χ0) is 17.1. The lowest BCUT2D eigenvalue weighted by Gasteiger charge is -2.09. The SMILES string of the molecule is O=C(Nc1ccnn1Cc1ccc(Br)cc1)c1cnc(Cl)c(Cl)c1. The van der Waals surface area contributed by atoms with Crippen LogP contribution in [-0.2, 0) is 6.54 Å². The molecular formula is C16H11BrCl2N4O. The van der Waals surface area contributed by atoms with Crippen LogP contribution in [0.5, 0.6) is 0 Å². The Morgan fingerprint density at radius 3 is 2.67 bits per heavy atom. The molecule has 3 aromatic rings. The molecule has 1 amide bonds. The third-order valence-corrected chi connectivity index (χ3v) is 4.48. The quantitative estimate of drug-likeness (QED) is 0.619. The van der Waals surface area contributed by atoms with E-state index in [2.05, 4.69) is 31.3 Å². The molecule has 1 N–H and O–H groups in total. The summed E-state index contributed by atoms with van der Waals surface area (Å²) in [5, 5.41) is 7.43. The molecule has 0 radical (unpaired) electrons. The molecule has 0 atom stereocenters. The van der Waals surface area contributed by atoms with Crippen molar-refractivity contribution in [2.45, 2.75) is 6.54 Å². The van der Waals surface area contributed by atoms with E-state index in [4.69, 9.17) is 23.2 Å². The van der Waals surface area contributed by atoms with Crippen LogP contribution in [0.15, 0.2) is 53.3 Å². The maximum Gasteiger partial charge on any atom is 0.258 e. The second-order valence-electron chi connectivity index (χ2n) is 4.95. The van der Waals surface area contributed by atoms with Gasteiger partial charge in [0.2, 0.25) is 0 Å². The fourth-order valence-electron chi connectivity index (χ4n) is 2.06. The molecule has 0 aliphatic carbocycles. The Balaban J connectivity index is 1.76. The molecule has 0 unspecified atom stereocenters. The van der Waals surface area contributed by atoms with Crippen LogP contribution in [0, 0.1) is 0 Å². The molecule has 3 rings (SSSR count). The van der Waals surface area contributed by atoms with Gasteiger partial charge in [0.25, 0.3) is 5.91 Å². The number of nitrogens with zero attached hydrogens (tertiary/aromatic N) is 3. The monoisotopic (exact) mass is 424 g/mol. The van der Waals surface area contributed by atoms with Gasteiger partial charge in [0.05, 0.1) is 23.3 Å². The number of halogens is 3. The van der Waals surface area contributed by atoms with Gasteiger partial charge in [-0.2, -0.15) is 5.10 Å². The summed E-state index contributed by atoms with van der Waals surface area (Å²) in [5.41, 5.74) is 1.38. The van der Waals surface area contributed by atoms with Crippen molar-refractivity contribution >= 4 is 50.9 Å². The molecule has 1 aromatic carbocycles. The van der Waals surface area contributed by atoms with Gasteiger partial charge in [0.1, 0.15) is 11.0 Å². The summed E-state index contributed by atoms with van der Waals surface area (Å²) >= 11 is 15.1. The van der Waals surface area contributed by atoms with Crippen molar-refractivity contribution in [3.8, 4) is 0 Å². The van der Waals surface area contributed by atoms with Crippen LogP contribution in [0.3, 0.4) is 0 Å². The summed E-state index contributed by atoms with van der Waals surface area (Å²) < 4.78 is 2.71. The smallest absolute Gasteiger partial charge is 0.258 e. The van der Waals surface area contributed by atoms with Gasteiger partial charge in [0.15, 0.2) is 0 Å². The van der Waals surface area contributed by atoms with Crippen LogP contribution >= 0.6 is 39.1 Å². The van der Waals surface area contributed by atoms with E-state index in [9.17, 15) is 4.79 Å². The van der Waals surface area contributed by atoms with Crippen LogP contribution in [0.25, 0.3) is 0 Å². The maximum absolute atomic E-state index is 12.3. The Morgan fingerprint density at radius 2 is 1.96 bits per heavy atom. The molecule has 0 saturated carbocycles. The van der Waals surface area contributed by atoms with Gasteiger partial charge in [-0.1, -0.05) is 51.3 Å². The number of amides is 1. The highest BCUT2D eigenvalue weighted by Crippen LogP contribution is 2.20. The van der Waals surface area contributed by atoms with E-state index in [1.165, 1.54) is 12.3 Å². The van der Waals surface area contributed by atoms with E-state index < -0.39 is 0 Å². The third-order valence-electron chi connectivity index (χ3n) is 3.26. The highest BCUT2D eigenvalue weighted by atomic mass is 79.9. The molecule has 0 saturated heterocycles. The molecule has 0 spiro atoms. The van der Waals surface area contributed by atoms with E-state index >= 15 is 0 Å². The molecule has 0 fully saturated rings. The summed E-state index contributed by atoms with van der Waals surface area (Å²) in [6, 6.07) is 11.1.